The Morgan fingerprint density at radius 3 is 2.64 bits per heavy atom. The van der Waals surface area contributed by atoms with E-state index in [0.29, 0.717) is 11.8 Å². The van der Waals surface area contributed by atoms with E-state index in [9.17, 15) is 21.6 Å². The zero-order valence-electron chi connectivity index (χ0n) is 11.2. The van der Waals surface area contributed by atoms with Crippen LogP contribution in [0.1, 0.15) is 35.8 Å². The lowest BCUT2D eigenvalue weighted by molar-refractivity contribution is -0.137. The minimum atomic E-state index is -4.62. The standard InChI is InChI=1S/C13H11F3N2O3S/c14-13(15,16)9-3-4-17-12(5-9)22(19,20)7-10-6-11(21-18-10)8-1-2-8/h3-6,8H,1-2,7H2. The topological polar surface area (TPSA) is 73.1 Å². The third-order valence-electron chi connectivity index (χ3n) is 3.28. The number of hydrogen-bond acceptors (Lipinski definition) is 5. The first kappa shape index (κ1) is 15.0. The van der Waals surface area contributed by atoms with Crippen molar-refractivity contribution >= 4 is 9.84 Å². The van der Waals surface area contributed by atoms with Gasteiger partial charge in [-0.1, -0.05) is 5.16 Å². The van der Waals surface area contributed by atoms with Crippen LogP contribution in [-0.2, 0) is 21.8 Å². The predicted molar refractivity (Wildman–Crippen MR) is 68.6 cm³/mol. The van der Waals surface area contributed by atoms with Crippen LogP contribution in [0.2, 0.25) is 0 Å². The molecule has 0 radical (unpaired) electrons. The van der Waals surface area contributed by atoms with Gasteiger partial charge in [-0.3, -0.25) is 0 Å². The normalized spacial score (nSPS) is 16.0. The summed E-state index contributed by atoms with van der Waals surface area (Å²) < 4.78 is 67.3. The molecule has 0 spiro atoms. The van der Waals surface area contributed by atoms with Crippen LogP contribution >= 0.6 is 0 Å². The van der Waals surface area contributed by atoms with Gasteiger partial charge in [0.15, 0.2) is 5.03 Å². The number of pyridine rings is 1. The first-order chi connectivity index (χ1) is 10.3. The first-order valence-electron chi connectivity index (χ1n) is 6.47. The van der Waals surface area contributed by atoms with Crippen molar-refractivity contribution in [3.05, 3.63) is 41.4 Å². The van der Waals surface area contributed by atoms with Gasteiger partial charge in [0.2, 0.25) is 9.84 Å². The molecule has 22 heavy (non-hydrogen) atoms. The quantitative estimate of drug-likeness (QED) is 0.861. The third-order valence-corrected chi connectivity index (χ3v) is 4.81. The fourth-order valence-electron chi connectivity index (χ4n) is 1.98. The molecule has 118 valence electrons. The van der Waals surface area contributed by atoms with Gasteiger partial charge in [-0.15, -0.1) is 0 Å². The van der Waals surface area contributed by atoms with E-state index in [-0.39, 0.29) is 11.6 Å². The molecule has 2 aromatic heterocycles. The largest absolute Gasteiger partial charge is 0.416 e. The summed E-state index contributed by atoms with van der Waals surface area (Å²) in [7, 11) is -4.02. The molecule has 0 aromatic carbocycles. The number of rotatable bonds is 4. The molecular weight excluding hydrogens is 321 g/mol. The second-order valence-electron chi connectivity index (χ2n) is 5.13. The fourth-order valence-corrected chi connectivity index (χ4v) is 3.18. The Morgan fingerprint density at radius 2 is 2.00 bits per heavy atom. The van der Waals surface area contributed by atoms with E-state index in [1.54, 1.807) is 0 Å². The Bertz CT molecular complexity index is 795. The zero-order chi connectivity index (χ0) is 16.0. The molecule has 0 N–H and O–H groups in total. The SMILES string of the molecule is O=S(=O)(Cc1cc(C2CC2)on1)c1cc(C(F)(F)F)ccn1. The smallest absolute Gasteiger partial charge is 0.361 e. The highest BCUT2D eigenvalue weighted by molar-refractivity contribution is 7.90. The Labute approximate surface area is 124 Å². The van der Waals surface area contributed by atoms with Crippen LogP contribution in [0.4, 0.5) is 13.2 Å². The van der Waals surface area contributed by atoms with Crippen molar-refractivity contribution in [1.82, 2.24) is 10.1 Å². The summed E-state index contributed by atoms with van der Waals surface area (Å²) in [5.41, 5.74) is -0.888. The van der Waals surface area contributed by atoms with Crippen LogP contribution in [0.3, 0.4) is 0 Å². The lowest BCUT2D eigenvalue weighted by atomic mass is 10.3. The second-order valence-corrected chi connectivity index (χ2v) is 7.07. The van der Waals surface area contributed by atoms with Crippen molar-refractivity contribution in [2.75, 3.05) is 0 Å². The maximum absolute atomic E-state index is 12.6. The molecule has 2 heterocycles. The molecule has 3 rings (SSSR count). The molecule has 0 unspecified atom stereocenters. The monoisotopic (exact) mass is 332 g/mol. The second kappa shape index (κ2) is 5.08. The number of halogens is 3. The van der Waals surface area contributed by atoms with Gasteiger partial charge in [0.05, 0.1) is 11.3 Å². The Hall–Kier alpha value is -1.90. The number of alkyl halides is 3. The van der Waals surface area contributed by atoms with Gasteiger partial charge < -0.3 is 4.52 Å². The van der Waals surface area contributed by atoms with Crippen LogP contribution in [-0.4, -0.2) is 18.6 Å². The number of nitrogens with zero attached hydrogens (tertiary/aromatic N) is 2. The van der Waals surface area contributed by atoms with E-state index in [4.69, 9.17) is 4.52 Å². The van der Waals surface area contributed by atoms with Crippen molar-refractivity contribution in [2.45, 2.75) is 35.7 Å². The molecule has 1 aliphatic rings. The van der Waals surface area contributed by atoms with Crippen molar-refractivity contribution in [1.29, 1.82) is 0 Å². The third kappa shape index (κ3) is 3.13. The van der Waals surface area contributed by atoms with Crippen molar-refractivity contribution < 1.29 is 26.1 Å². The molecule has 1 fully saturated rings. The van der Waals surface area contributed by atoms with Gasteiger partial charge in [0.25, 0.3) is 0 Å². The summed E-state index contributed by atoms with van der Waals surface area (Å²) in [5, 5.41) is 3.03. The lowest BCUT2D eigenvalue weighted by Gasteiger charge is -2.07. The van der Waals surface area contributed by atoms with E-state index in [0.717, 1.165) is 25.1 Å². The van der Waals surface area contributed by atoms with E-state index in [1.165, 1.54) is 6.07 Å². The molecule has 0 atom stereocenters. The molecule has 0 saturated heterocycles. The van der Waals surface area contributed by atoms with Crippen LogP contribution in [0, 0.1) is 0 Å². The van der Waals surface area contributed by atoms with Crippen LogP contribution in [0.25, 0.3) is 0 Å². The molecule has 1 saturated carbocycles. The summed E-state index contributed by atoms with van der Waals surface area (Å²) in [4.78, 5) is 3.53. The van der Waals surface area contributed by atoms with Gasteiger partial charge in [0.1, 0.15) is 11.5 Å². The van der Waals surface area contributed by atoms with Crippen molar-refractivity contribution in [3.63, 3.8) is 0 Å². The summed E-state index contributed by atoms with van der Waals surface area (Å²) in [6.45, 7) is 0. The molecule has 2 aromatic rings. The average molecular weight is 332 g/mol. The Morgan fingerprint density at radius 1 is 1.27 bits per heavy atom. The summed E-state index contributed by atoms with van der Waals surface area (Å²) in [5.74, 6) is 0.343. The van der Waals surface area contributed by atoms with Gasteiger partial charge >= 0.3 is 6.18 Å². The average Bonchev–Trinajstić information content (AvgIpc) is 3.19. The highest BCUT2D eigenvalue weighted by atomic mass is 32.2. The Kier molecular flexibility index (Phi) is 3.47. The lowest BCUT2D eigenvalue weighted by Crippen LogP contribution is -2.11. The number of sulfone groups is 1. The molecule has 0 aliphatic heterocycles. The summed E-state index contributed by atoms with van der Waals surface area (Å²) in [6.07, 6.45) is -1.86. The van der Waals surface area contributed by atoms with E-state index in [1.807, 2.05) is 0 Å². The zero-order valence-corrected chi connectivity index (χ0v) is 12.0. The van der Waals surface area contributed by atoms with E-state index >= 15 is 0 Å². The molecule has 9 heteroatoms. The first-order valence-corrected chi connectivity index (χ1v) is 8.12. The van der Waals surface area contributed by atoms with Gasteiger partial charge in [-0.05, 0) is 25.0 Å². The molecule has 0 bridgehead atoms. The molecular formula is C13H11F3N2O3S. The minimum absolute atomic E-state index is 0.168. The highest BCUT2D eigenvalue weighted by Crippen LogP contribution is 2.40. The summed E-state index contributed by atoms with van der Waals surface area (Å²) in [6, 6.07) is 2.78. The molecule has 1 aliphatic carbocycles. The fraction of sp³-hybridized carbons (Fsp3) is 0.385. The van der Waals surface area contributed by atoms with E-state index < -0.39 is 32.4 Å². The number of hydrogen-bond donors (Lipinski definition) is 0. The highest BCUT2D eigenvalue weighted by Gasteiger charge is 2.33. The summed E-state index contributed by atoms with van der Waals surface area (Å²) >= 11 is 0. The maximum Gasteiger partial charge on any atom is 0.416 e. The van der Waals surface area contributed by atoms with E-state index in [2.05, 4.69) is 10.1 Å². The maximum atomic E-state index is 12.6. The Balaban J connectivity index is 1.85. The van der Waals surface area contributed by atoms with Crippen LogP contribution in [0.5, 0.6) is 0 Å². The molecule has 5 nitrogen and oxygen atoms in total. The van der Waals surface area contributed by atoms with Crippen molar-refractivity contribution in [3.8, 4) is 0 Å². The molecule has 0 amide bonds. The van der Waals surface area contributed by atoms with Crippen LogP contribution < -0.4 is 0 Å². The van der Waals surface area contributed by atoms with Gasteiger partial charge in [-0.2, -0.15) is 13.2 Å². The van der Waals surface area contributed by atoms with Crippen molar-refractivity contribution in [2.24, 2.45) is 0 Å². The van der Waals surface area contributed by atoms with Gasteiger partial charge in [0, 0.05) is 18.2 Å². The minimum Gasteiger partial charge on any atom is -0.361 e. The van der Waals surface area contributed by atoms with Crippen LogP contribution in [0.15, 0.2) is 33.9 Å². The number of aromatic nitrogens is 2. The predicted octanol–water partition coefficient (Wildman–Crippen LogP) is 2.94. The van der Waals surface area contributed by atoms with Gasteiger partial charge in [-0.25, -0.2) is 13.4 Å².